The van der Waals surface area contributed by atoms with Gasteiger partial charge in [-0.05, 0) is 36.7 Å². The summed E-state index contributed by atoms with van der Waals surface area (Å²) >= 11 is 0. The van der Waals surface area contributed by atoms with Crippen LogP contribution >= 0.6 is 0 Å². The van der Waals surface area contributed by atoms with Crippen LogP contribution < -0.4 is 5.32 Å². The lowest BCUT2D eigenvalue weighted by atomic mass is 9.96. The third kappa shape index (κ3) is 4.59. The highest BCUT2D eigenvalue weighted by Gasteiger charge is 2.25. The van der Waals surface area contributed by atoms with Crippen molar-refractivity contribution in [3.05, 3.63) is 70.9 Å². The SMILES string of the molecule is CC(C)c1ccc(NC(=O)COC(=O)c2c3c(nc4ccccc24)CCN(C)C3)cc1. The summed E-state index contributed by atoms with van der Waals surface area (Å²) in [5, 5.41) is 3.54. The Balaban J connectivity index is 1.51. The minimum Gasteiger partial charge on any atom is -0.452 e. The van der Waals surface area contributed by atoms with E-state index in [2.05, 4.69) is 24.1 Å². The Kier molecular flexibility index (Phi) is 6.00. The van der Waals surface area contributed by atoms with Crippen molar-refractivity contribution in [1.29, 1.82) is 0 Å². The number of rotatable bonds is 5. The average molecular weight is 418 g/mol. The maximum atomic E-state index is 13.1. The fourth-order valence-corrected chi connectivity index (χ4v) is 3.91. The number of likely N-dealkylation sites (N-methyl/N-ethyl adjacent to an activating group) is 1. The van der Waals surface area contributed by atoms with Gasteiger partial charge in [-0.25, -0.2) is 4.79 Å². The lowest BCUT2D eigenvalue weighted by Gasteiger charge is -2.26. The van der Waals surface area contributed by atoms with Gasteiger partial charge in [0.25, 0.3) is 5.91 Å². The lowest BCUT2D eigenvalue weighted by molar-refractivity contribution is -0.119. The van der Waals surface area contributed by atoms with Gasteiger partial charge in [-0.15, -0.1) is 0 Å². The summed E-state index contributed by atoms with van der Waals surface area (Å²) in [6.07, 6.45) is 0.782. The molecule has 0 unspecified atom stereocenters. The number of para-hydroxylation sites is 1. The van der Waals surface area contributed by atoms with E-state index in [0.717, 1.165) is 35.1 Å². The highest BCUT2D eigenvalue weighted by molar-refractivity contribution is 6.06. The van der Waals surface area contributed by atoms with Crippen LogP contribution in [-0.4, -0.2) is 42.0 Å². The van der Waals surface area contributed by atoms with E-state index in [9.17, 15) is 9.59 Å². The predicted molar refractivity (Wildman–Crippen MR) is 121 cm³/mol. The third-order valence-corrected chi connectivity index (χ3v) is 5.64. The molecular formula is C25H27N3O3. The Labute approximate surface area is 182 Å². The van der Waals surface area contributed by atoms with Crippen molar-refractivity contribution in [3.8, 4) is 0 Å². The molecule has 2 heterocycles. The van der Waals surface area contributed by atoms with Crippen molar-refractivity contribution in [2.75, 3.05) is 25.5 Å². The molecule has 1 amide bonds. The third-order valence-electron chi connectivity index (χ3n) is 5.64. The van der Waals surface area contributed by atoms with Crippen molar-refractivity contribution in [2.24, 2.45) is 0 Å². The first kappa shape index (κ1) is 21.0. The molecule has 0 bridgehead atoms. The van der Waals surface area contributed by atoms with Gasteiger partial charge in [0.15, 0.2) is 6.61 Å². The van der Waals surface area contributed by atoms with Crippen LogP contribution in [0.25, 0.3) is 10.9 Å². The Morgan fingerprint density at radius 3 is 2.61 bits per heavy atom. The number of amides is 1. The van der Waals surface area contributed by atoms with Crippen LogP contribution in [0.15, 0.2) is 48.5 Å². The van der Waals surface area contributed by atoms with E-state index >= 15 is 0 Å². The standard InChI is InChI=1S/C25H27N3O3/c1-16(2)17-8-10-18(11-9-17)26-23(29)15-31-25(30)24-19-6-4-5-7-21(19)27-22-12-13-28(3)14-20(22)24/h4-11,16H,12-15H2,1-3H3,(H,26,29). The number of nitrogens with one attached hydrogen (secondary N) is 1. The molecule has 31 heavy (non-hydrogen) atoms. The van der Waals surface area contributed by atoms with E-state index in [-0.39, 0.29) is 12.5 Å². The molecule has 6 heteroatoms. The molecule has 1 aromatic heterocycles. The van der Waals surface area contributed by atoms with E-state index in [4.69, 9.17) is 9.72 Å². The van der Waals surface area contributed by atoms with Gasteiger partial charge in [0.05, 0.1) is 11.1 Å². The largest absolute Gasteiger partial charge is 0.452 e. The van der Waals surface area contributed by atoms with E-state index in [1.165, 1.54) is 5.56 Å². The van der Waals surface area contributed by atoms with Crippen molar-refractivity contribution < 1.29 is 14.3 Å². The summed E-state index contributed by atoms with van der Waals surface area (Å²) in [7, 11) is 2.02. The summed E-state index contributed by atoms with van der Waals surface area (Å²) < 4.78 is 5.44. The van der Waals surface area contributed by atoms with Crippen LogP contribution in [0.4, 0.5) is 5.69 Å². The van der Waals surface area contributed by atoms with Crippen molar-refractivity contribution in [1.82, 2.24) is 9.88 Å². The smallest absolute Gasteiger partial charge is 0.339 e. The second-order valence-corrected chi connectivity index (χ2v) is 8.32. The molecule has 0 aliphatic carbocycles. The highest BCUT2D eigenvalue weighted by Crippen LogP contribution is 2.28. The summed E-state index contributed by atoms with van der Waals surface area (Å²) in [5.74, 6) is -0.434. The number of hydrogen-bond acceptors (Lipinski definition) is 5. The predicted octanol–water partition coefficient (Wildman–Crippen LogP) is 4.14. The Morgan fingerprint density at radius 1 is 1.13 bits per heavy atom. The number of ether oxygens (including phenoxy) is 1. The van der Waals surface area contributed by atoms with Gasteiger partial charge < -0.3 is 15.0 Å². The summed E-state index contributed by atoms with van der Waals surface area (Å²) in [6.45, 7) is 5.42. The summed E-state index contributed by atoms with van der Waals surface area (Å²) in [6, 6.07) is 15.3. The molecule has 1 N–H and O–H groups in total. The van der Waals surface area contributed by atoms with Crippen LogP contribution in [0.5, 0.6) is 0 Å². The van der Waals surface area contributed by atoms with E-state index in [0.29, 0.717) is 23.7 Å². The number of anilines is 1. The quantitative estimate of drug-likeness (QED) is 0.632. The molecule has 3 aromatic rings. The maximum Gasteiger partial charge on any atom is 0.339 e. The highest BCUT2D eigenvalue weighted by atomic mass is 16.5. The molecule has 6 nitrogen and oxygen atoms in total. The number of fused-ring (bicyclic) bond motifs is 2. The Bertz CT molecular complexity index is 1120. The molecule has 0 spiro atoms. The van der Waals surface area contributed by atoms with Gasteiger partial charge in [-0.3, -0.25) is 9.78 Å². The Morgan fingerprint density at radius 2 is 1.87 bits per heavy atom. The zero-order valence-corrected chi connectivity index (χ0v) is 18.1. The molecule has 2 aromatic carbocycles. The molecule has 1 aliphatic rings. The molecule has 0 fully saturated rings. The molecular weight excluding hydrogens is 390 g/mol. The fourth-order valence-electron chi connectivity index (χ4n) is 3.91. The van der Waals surface area contributed by atoms with Crippen LogP contribution in [0.1, 0.15) is 46.9 Å². The molecule has 1 aliphatic heterocycles. The Hall–Kier alpha value is -3.25. The lowest BCUT2D eigenvalue weighted by Crippen LogP contribution is -2.30. The van der Waals surface area contributed by atoms with Gasteiger partial charge in [0.1, 0.15) is 0 Å². The van der Waals surface area contributed by atoms with E-state index in [1.54, 1.807) is 0 Å². The number of hydrogen-bond donors (Lipinski definition) is 1. The summed E-state index contributed by atoms with van der Waals surface area (Å²) in [4.78, 5) is 32.3. The van der Waals surface area contributed by atoms with Crippen molar-refractivity contribution in [2.45, 2.75) is 32.7 Å². The number of carbonyl (C=O) groups excluding carboxylic acids is 2. The second kappa shape index (κ2) is 8.86. The van der Waals surface area contributed by atoms with E-state index in [1.807, 2.05) is 55.6 Å². The van der Waals surface area contributed by atoms with Gasteiger partial charge >= 0.3 is 5.97 Å². The zero-order valence-electron chi connectivity index (χ0n) is 18.1. The van der Waals surface area contributed by atoms with E-state index < -0.39 is 5.97 Å². The van der Waals surface area contributed by atoms with Gasteiger partial charge in [0.2, 0.25) is 0 Å². The minimum absolute atomic E-state index is 0.341. The molecule has 0 radical (unpaired) electrons. The number of carbonyl (C=O) groups is 2. The van der Waals surface area contributed by atoms with Gasteiger partial charge in [-0.2, -0.15) is 0 Å². The normalized spacial score (nSPS) is 13.8. The summed E-state index contributed by atoms with van der Waals surface area (Å²) in [5.41, 5.74) is 4.98. The molecule has 0 atom stereocenters. The average Bonchev–Trinajstić information content (AvgIpc) is 2.76. The molecule has 160 valence electrons. The zero-order chi connectivity index (χ0) is 22.0. The number of aromatic nitrogens is 1. The van der Waals surface area contributed by atoms with Crippen LogP contribution in [0.2, 0.25) is 0 Å². The monoisotopic (exact) mass is 417 g/mol. The van der Waals surface area contributed by atoms with Gasteiger partial charge in [-0.1, -0.05) is 44.2 Å². The first-order valence-electron chi connectivity index (χ1n) is 10.6. The topological polar surface area (TPSA) is 71.5 Å². The van der Waals surface area contributed by atoms with Gasteiger partial charge in [0, 0.05) is 41.8 Å². The first-order valence-corrected chi connectivity index (χ1v) is 10.6. The number of benzene rings is 2. The first-order chi connectivity index (χ1) is 14.9. The molecule has 0 saturated carbocycles. The molecule has 0 saturated heterocycles. The number of pyridine rings is 1. The number of esters is 1. The van der Waals surface area contributed by atoms with Crippen LogP contribution in [0.3, 0.4) is 0 Å². The number of nitrogens with zero attached hydrogens (tertiary/aromatic N) is 2. The van der Waals surface area contributed by atoms with Crippen molar-refractivity contribution in [3.63, 3.8) is 0 Å². The minimum atomic E-state index is -0.490. The maximum absolute atomic E-state index is 13.1. The fraction of sp³-hybridized carbons (Fsp3) is 0.320. The second-order valence-electron chi connectivity index (χ2n) is 8.32. The van der Waals surface area contributed by atoms with Crippen LogP contribution in [-0.2, 0) is 22.5 Å². The van der Waals surface area contributed by atoms with Crippen molar-refractivity contribution >= 4 is 28.5 Å². The molecule has 4 rings (SSSR count). The van der Waals surface area contributed by atoms with Crippen LogP contribution in [0, 0.1) is 0 Å².